The van der Waals surface area contributed by atoms with Crippen LogP contribution in [0.25, 0.3) is 0 Å². The van der Waals surface area contributed by atoms with E-state index in [1.807, 2.05) is 0 Å². The van der Waals surface area contributed by atoms with E-state index in [0.29, 0.717) is 0 Å². The van der Waals surface area contributed by atoms with Gasteiger partial charge in [0, 0.05) is 14.9 Å². The molecule has 2 rings (SSSR count). The number of methoxy groups -OCH3 is 1. The molecule has 0 spiro atoms. The molecule has 2 nitrogen and oxygen atoms in total. The molecule has 0 radical (unpaired) electrons. The van der Waals surface area contributed by atoms with Crippen molar-refractivity contribution in [2.45, 2.75) is 26.8 Å². The van der Waals surface area contributed by atoms with Crippen molar-refractivity contribution in [3.8, 4) is 5.75 Å². The second-order valence-electron chi connectivity index (χ2n) is 4.75. The van der Waals surface area contributed by atoms with Crippen LogP contribution in [0.4, 0.5) is 0 Å². The van der Waals surface area contributed by atoms with Crippen molar-refractivity contribution in [3.05, 3.63) is 49.6 Å². The Balaban J connectivity index is 2.56. The Labute approximate surface area is 133 Å². The Morgan fingerprint density at radius 3 is 2.60 bits per heavy atom. The molecule has 2 aromatic rings. The summed E-state index contributed by atoms with van der Waals surface area (Å²) in [5, 5.41) is 5.67. The number of ether oxygens (including phenoxy) is 1. The van der Waals surface area contributed by atoms with Gasteiger partial charge in [0.05, 0.1) is 13.2 Å². The molecule has 0 bridgehead atoms. The summed E-state index contributed by atoms with van der Waals surface area (Å²) in [5.74, 6) is 0.983. The van der Waals surface area contributed by atoms with E-state index in [1.165, 1.54) is 21.6 Å². The number of hydrogen-bond acceptors (Lipinski definition) is 3. The maximum absolute atomic E-state index is 5.67. The quantitative estimate of drug-likeness (QED) is 0.830. The van der Waals surface area contributed by atoms with Crippen LogP contribution in [0.15, 0.2) is 28.1 Å². The van der Waals surface area contributed by atoms with Crippen molar-refractivity contribution in [1.82, 2.24) is 5.32 Å². The SMILES string of the molecule is CCNC(c1ccc(C)c(C)c1OC)c1sccc1Br. The third kappa shape index (κ3) is 2.92. The average molecular weight is 354 g/mol. The lowest BCUT2D eigenvalue weighted by atomic mass is 9.98. The number of rotatable bonds is 5. The Kier molecular flexibility index (Phi) is 5.24. The number of halogens is 1. The Bertz CT molecular complexity index is 594. The van der Waals surface area contributed by atoms with Gasteiger partial charge in [0.25, 0.3) is 0 Å². The van der Waals surface area contributed by atoms with E-state index in [-0.39, 0.29) is 6.04 Å². The second kappa shape index (κ2) is 6.74. The van der Waals surface area contributed by atoms with Crippen molar-refractivity contribution in [3.63, 3.8) is 0 Å². The maximum atomic E-state index is 5.67. The zero-order chi connectivity index (χ0) is 14.7. The zero-order valence-electron chi connectivity index (χ0n) is 12.3. The smallest absolute Gasteiger partial charge is 0.127 e. The zero-order valence-corrected chi connectivity index (χ0v) is 14.7. The van der Waals surface area contributed by atoms with Gasteiger partial charge >= 0.3 is 0 Å². The number of hydrogen-bond donors (Lipinski definition) is 1. The van der Waals surface area contributed by atoms with Crippen LogP contribution in [-0.4, -0.2) is 13.7 Å². The lowest BCUT2D eigenvalue weighted by molar-refractivity contribution is 0.401. The van der Waals surface area contributed by atoms with E-state index < -0.39 is 0 Å². The summed E-state index contributed by atoms with van der Waals surface area (Å²) >= 11 is 5.40. The average Bonchev–Trinajstić information content (AvgIpc) is 2.85. The van der Waals surface area contributed by atoms with Gasteiger partial charge in [-0.2, -0.15) is 0 Å². The molecule has 0 aliphatic heterocycles. The van der Waals surface area contributed by atoms with Crippen LogP contribution in [0.5, 0.6) is 5.75 Å². The molecule has 1 unspecified atom stereocenters. The molecule has 1 aromatic carbocycles. The molecule has 1 atom stereocenters. The van der Waals surface area contributed by atoms with E-state index in [1.54, 1.807) is 18.4 Å². The Hall–Kier alpha value is -0.840. The van der Waals surface area contributed by atoms with E-state index in [9.17, 15) is 0 Å². The number of aryl methyl sites for hydroxylation is 1. The Morgan fingerprint density at radius 2 is 2.05 bits per heavy atom. The highest BCUT2D eigenvalue weighted by Crippen LogP contribution is 2.38. The highest BCUT2D eigenvalue weighted by molar-refractivity contribution is 9.10. The maximum Gasteiger partial charge on any atom is 0.127 e. The summed E-state index contributed by atoms with van der Waals surface area (Å²) in [5.41, 5.74) is 3.66. The lowest BCUT2D eigenvalue weighted by Gasteiger charge is -2.22. The molecule has 0 saturated heterocycles. The third-order valence-corrected chi connectivity index (χ3v) is 5.47. The topological polar surface area (TPSA) is 21.3 Å². The van der Waals surface area contributed by atoms with Crippen LogP contribution in [-0.2, 0) is 0 Å². The molecule has 0 amide bonds. The number of thiophene rings is 1. The minimum absolute atomic E-state index is 0.156. The van der Waals surface area contributed by atoms with Crippen LogP contribution in [0, 0.1) is 13.8 Å². The standard InChI is InChI=1S/C16H20BrNOS/c1-5-18-14(16-13(17)8-9-20-16)12-7-6-10(2)11(3)15(12)19-4/h6-9,14,18H,5H2,1-4H3. The molecule has 1 aromatic heterocycles. The largest absolute Gasteiger partial charge is 0.496 e. The monoisotopic (exact) mass is 353 g/mol. The molecule has 4 heteroatoms. The van der Waals surface area contributed by atoms with Crippen molar-refractivity contribution < 1.29 is 4.74 Å². The fraction of sp³-hybridized carbons (Fsp3) is 0.375. The highest BCUT2D eigenvalue weighted by atomic mass is 79.9. The molecule has 0 aliphatic carbocycles. The van der Waals surface area contributed by atoms with Gasteiger partial charge in [-0.3, -0.25) is 0 Å². The van der Waals surface area contributed by atoms with Gasteiger partial charge in [-0.1, -0.05) is 19.1 Å². The van der Waals surface area contributed by atoms with Gasteiger partial charge in [-0.25, -0.2) is 0 Å². The highest BCUT2D eigenvalue weighted by Gasteiger charge is 2.22. The molecule has 0 saturated carbocycles. The predicted molar refractivity (Wildman–Crippen MR) is 90.0 cm³/mol. The lowest BCUT2D eigenvalue weighted by Crippen LogP contribution is -2.22. The normalized spacial score (nSPS) is 12.4. The van der Waals surface area contributed by atoms with E-state index in [4.69, 9.17) is 4.74 Å². The number of benzene rings is 1. The summed E-state index contributed by atoms with van der Waals surface area (Å²) < 4.78 is 6.82. The first-order chi connectivity index (χ1) is 9.60. The summed E-state index contributed by atoms with van der Waals surface area (Å²) in [6, 6.07) is 6.58. The van der Waals surface area contributed by atoms with Gasteiger partial charge in [0.2, 0.25) is 0 Å². The van der Waals surface area contributed by atoms with E-state index in [0.717, 1.165) is 16.8 Å². The van der Waals surface area contributed by atoms with Crippen LogP contribution in [0.3, 0.4) is 0 Å². The van der Waals surface area contributed by atoms with E-state index >= 15 is 0 Å². The molecular formula is C16H20BrNOS. The van der Waals surface area contributed by atoms with Crippen LogP contribution < -0.4 is 10.1 Å². The number of nitrogens with one attached hydrogen (secondary N) is 1. The van der Waals surface area contributed by atoms with Crippen LogP contribution in [0.1, 0.15) is 34.5 Å². The summed E-state index contributed by atoms with van der Waals surface area (Å²) in [4.78, 5) is 1.29. The van der Waals surface area contributed by atoms with Crippen molar-refractivity contribution in [1.29, 1.82) is 0 Å². The fourth-order valence-corrected chi connectivity index (χ4v) is 4.06. The van der Waals surface area contributed by atoms with Gasteiger partial charge in [0.1, 0.15) is 5.75 Å². The van der Waals surface area contributed by atoms with Gasteiger partial charge in [-0.15, -0.1) is 11.3 Å². The van der Waals surface area contributed by atoms with Gasteiger partial charge in [0.15, 0.2) is 0 Å². The third-order valence-electron chi connectivity index (χ3n) is 3.54. The first-order valence-corrected chi connectivity index (χ1v) is 8.37. The molecular weight excluding hydrogens is 334 g/mol. The second-order valence-corrected chi connectivity index (χ2v) is 6.56. The van der Waals surface area contributed by atoms with Gasteiger partial charge in [-0.05, 0) is 58.9 Å². The first kappa shape index (κ1) is 15.5. The molecule has 108 valence electrons. The van der Waals surface area contributed by atoms with Crippen molar-refractivity contribution in [2.24, 2.45) is 0 Å². The summed E-state index contributed by atoms with van der Waals surface area (Å²) in [6.07, 6.45) is 0. The summed E-state index contributed by atoms with van der Waals surface area (Å²) in [7, 11) is 1.75. The minimum atomic E-state index is 0.156. The molecule has 1 heterocycles. The van der Waals surface area contributed by atoms with Crippen LogP contribution >= 0.6 is 27.3 Å². The van der Waals surface area contributed by atoms with Crippen molar-refractivity contribution in [2.75, 3.05) is 13.7 Å². The molecule has 0 fully saturated rings. The fourth-order valence-electron chi connectivity index (χ4n) is 2.37. The molecule has 1 N–H and O–H groups in total. The van der Waals surface area contributed by atoms with E-state index in [2.05, 4.69) is 65.6 Å². The first-order valence-electron chi connectivity index (χ1n) is 6.70. The van der Waals surface area contributed by atoms with Crippen LogP contribution in [0.2, 0.25) is 0 Å². The minimum Gasteiger partial charge on any atom is -0.496 e. The van der Waals surface area contributed by atoms with Gasteiger partial charge < -0.3 is 10.1 Å². The predicted octanol–water partition coefficient (Wildman–Crippen LogP) is 4.83. The molecule has 0 aliphatic rings. The Morgan fingerprint density at radius 1 is 1.30 bits per heavy atom. The summed E-state index contributed by atoms with van der Waals surface area (Å²) in [6.45, 7) is 7.27. The molecule has 20 heavy (non-hydrogen) atoms. The van der Waals surface area contributed by atoms with Crippen molar-refractivity contribution >= 4 is 27.3 Å².